The van der Waals surface area contributed by atoms with Gasteiger partial charge in [0.25, 0.3) is 0 Å². The highest BCUT2D eigenvalue weighted by atomic mass is 19.1. The highest BCUT2D eigenvalue weighted by molar-refractivity contribution is 5.28. The van der Waals surface area contributed by atoms with Gasteiger partial charge in [0.05, 0.1) is 0 Å². The van der Waals surface area contributed by atoms with Gasteiger partial charge in [-0.1, -0.05) is 45.0 Å². The average Bonchev–Trinajstić information content (AvgIpc) is 2.82. The minimum atomic E-state index is -0.756. The third-order valence-corrected chi connectivity index (χ3v) is 3.79. The Labute approximate surface area is 110 Å². The molecule has 1 aromatic rings. The number of hydrogen-bond acceptors (Lipinski definition) is 1. The lowest BCUT2D eigenvalue weighted by Crippen LogP contribution is -2.33. The number of halogens is 1. The lowest BCUT2D eigenvalue weighted by atomic mass is 9.86. The molecule has 1 aliphatic rings. The molecule has 1 aliphatic heterocycles. The summed E-state index contributed by atoms with van der Waals surface area (Å²) < 4.78 is 14.1. The smallest absolute Gasteiger partial charge is 0.119 e. The van der Waals surface area contributed by atoms with E-state index in [1.807, 2.05) is 0 Å². The molecule has 1 aromatic carbocycles. The van der Waals surface area contributed by atoms with Gasteiger partial charge in [-0.2, -0.15) is 0 Å². The van der Waals surface area contributed by atoms with Gasteiger partial charge in [0.15, 0.2) is 0 Å². The standard InChI is InChI=1S/C16H24FN/c1-16(2,3)13-8-6-12(7-9-13)11-14(17)15-5-4-10-18-15/h6-9,14-15,18H,4-5,10-11H2,1-3H3. The summed E-state index contributed by atoms with van der Waals surface area (Å²) in [5.74, 6) is 0. The van der Waals surface area contributed by atoms with Crippen molar-refractivity contribution < 1.29 is 4.39 Å². The molecular weight excluding hydrogens is 225 g/mol. The second-order valence-electron chi connectivity index (χ2n) is 6.37. The van der Waals surface area contributed by atoms with Crippen molar-refractivity contribution >= 4 is 0 Å². The van der Waals surface area contributed by atoms with E-state index < -0.39 is 6.17 Å². The third kappa shape index (κ3) is 3.32. The Morgan fingerprint density at radius 3 is 2.44 bits per heavy atom. The molecule has 1 heterocycles. The monoisotopic (exact) mass is 249 g/mol. The van der Waals surface area contributed by atoms with Crippen LogP contribution in [0, 0.1) is 0 Å². The summed E-state index contributed by atoms with van der Waals surface area (Å²) in [5.41, 5.74) is 2.57. The van der Waals surface area contributed by atoms with Crippen LogP contribution in [0.4, 0.5) is 4.39 Å². The van der Waals surface area contributed by atoms with Crippen molar-refractivity contribution in [2.75, 3.05) is 6.54 Å². The second-order valence-corrected chi connectivity index (χ2v) is 6.37. The molecule has 0 spiro atoms. The van der Waals surface area contributed by atoms with Crippen molar-refractivity contribution in [3.8, 4) is 0 Å². The molecule has 2 atom stereocenters. The van der Waals surface area contributed by atoms with E-state index >= 15 is 0 Å². The maximum Gasteiger partial charge on any atom is 0.119 e. The molecular formula is C16H24FN. The Balaban J connectivity index is 1.97. The van der Waals surface area contributed by atoms with Crippen LogP contribution in [0.5, 0.6) is 0 Å². The third-order valence-electron chi connectivity index (χ3n) is 3.79. The largest absolute Gasteiger partial charge is 0.311 e. The van der Waals surface area contributed by atoms with Crippen LogP contribution in [0.2, 0.25) is 0 Å². The zero-order chi connectivity index (χ0) is 13.2. The first-order valence-electron chi connectivity index (χ1n) is 6.94. The zero-order valence-electron chi connectivity index (χ0n) is 11.7. The molecule has 2 unspecified atom stereocenters. The maximum absolute atomic E-state index is 14.1. The molecule has 1 saturated heterocycles. The first kappa shape index (κ1) is 13.5. The van der Waals surface area contributed by atoms with E-state index in [0.29, 0.717) is 6.42 Å². The quantitative estimate of drug-likeness (QED) is 0.862. The predicted molar refractivity (Wildman–Crippen MR) is 74.8 cm³/mol. The Morgan fingerprint density at radius 1 is 1.28 bits per heavy atom. The van der Waals surface area contributed by atoms with Crippen LogP contribution >= 0.6 is 0 Å². The summed E-state index contributed by atoms with van der Waals surface area (Å²) in [6.45, 7) is 7.56. The van der Waals surface area contributed by atoms with Crippen molar-refractivity contribution in [3.05, 3.63) is 35.4 Å². The van der Waals surface area contributed by atoms with Gasteiger partial charge in [-0.3, -0.25) is 0 Å². The molecule has 0 aromatic heterocycles. The highest BCUT2D eigenvalue weighted by Gasteiger charge is 2.24. The van der Waals surface area contributed by atoms with Crippen molar-refractivity contribution in [3.63, 3.8) is 0 Å². The maximum atomic E-state index is 14.1. The lowest BCUT2D eigenvalue weighted by molar-refractivity contribution is 0.263. The van der Waals surface area contributed by atoms with Crippen molar-refractivity contribution in [2.45, 2.75) is 57.7 Å². The normalized spacial score (nSPS) is 22.1. The van der Waals surface area contributed by atoms with E-state index in [4.69, 9.17) is 0 Å². The van der Waals surface area contributed by atoms with Crippen LogP contribution in [0.25, 0.3) is 0 Å². The summed E-state index contributed by atoms with van der Waals surface area (Å²) in [5, 5.41) is 3.24. The second kappa shape index (κ2) is 5.40. The summed E-state index contributed by atoms with van der Waals surface area (Å²) >= 11 is 0. The van der Waals surface area contributed by atoms with E-state index in [-0.39, 0.29) is 11.5 Å². The van der Waals surface area contributed by atoms with E-state index in [0.717, 1.165) is 24.9 Å². The summed E-state index contributed by atoms with van der Waals surface area (Å²) in [7, 11) is 0. The number of benzene rings is 1. The topological polar surface area (TPSA) is 12.0 Å². The Bertz CT molecular complexity index is 371. The molecule has 2 rings (SSSR count). The molecule has 0 saturated carbocycles. The van der Waals surface area contributed by atoms with E-state index in [9.17, 15) is 4.39 Å². The van der Waals surface area contributed by atoms with Gasteiger partial charge in [0.1, 0.15) is 6.17 Å². The number of alkyl halides is 1. The van der Waals surface area contributed by atoms with Gasteiger partial charge in [0, 0.05) is 12.5 Å². The van der Waals surface area contributed by atoms with E-state index in [1.54, 1.807) is 0 Å². The molecule has 0 amide bonds. The Hall–Kier alpha value is -0.890. The summed E-state index contributed by atoms with van der Waals surface area (Å²) in [6, 6.07) is 8.46. The summed E-state index contributed by atoms with van der Waals surface area (Å²) in [4.78, 5) is 0. The zero-order valence-corrected chi connectivity index (χ0v) is 11.7. The fourth-order valence-electron chi connectivity index (χ4n) is 2.53. The number of nitrogens with one attached hydrogen (secondary N) is 1. The van der Waals surface area contributed by atoms with Gasteiger partial charge in [0.2, 0.25) is 0 Å². The highest BCUT2D eigenvalue weighted by Crippen LogP contribution is 2.23. The van der Waals surface area contributed by atoms with E-state index in [1.165, 1.54) is 5.56 Å². The van der Waals surface area contributed by atoms with Crippen molar-refractivity contribution in [2.24, 2.45) is 0 Å². The molecule has 18 heavy (non-hydrogen) atoms. The first-order chi connectivity index (χ1) is 8.47. The average molecular weight is 249 g/mol. The van der Waals surface area contributed by atoms with Crippen LogP contribution in [-0.2, 0) is 11.8 Å². The van der Waals surface area contributed by atoms with Crippen molar-refractivity contribution in [1.29, 1.82) is 0 Å². The molecule has 1 nitrogen and oxygen atoms in total. The minimum absolute atomic E-state index is 0.0623. The fourth-order valence-corrected chi connectivity index (χ4v) is 2.53. The van der Waals surface area contributed by atoms with E-state index in [2.05, 4.69) is 50.4 Å². The van der Waals surface area contributed by atoms with Gasteiger partial charge >= 0.3 is 0 Å². The van der Waals surface area contributed by atoms with Gasteiger partial charge in [-0.15, -0.1) is 0 Å². The van der Waals surface area contributed by atoms with Crippen LogP contribution in [0.3, 0.4) is 0 Å². The van der Waals surface area contributed by atoms with Gasteiger partial charge < -0.3 is 5.32 Å². The minimum Gasteiger partial charge on any atom is -0.311 e. The Morgan fingerprint density at radius 2 is 1.94 bits per heavy atom. The molecule has 100 valence electrons. The van der Waals surface area contributed by atoms with Crippen LogP contribution < -0.4 is 5.32 Å². The Kier molecular flexibility index (Phi) is 4.06. The lowest BCUT2D eigenvalue weighted by Gasteiger charge is -2.20. The number of rotatable bonds is 3. The molecule has 0 aliphatic carbocycles. The number of hydrogen-bond donors (Lipinski definition) is 1. The van der Waals surface area contributed by atoms with Crippen LogP contribution in [0.15, 0.2) is 24.3 Å². The molecule has 1 fully saturated rings. The molecule has 0 bridgehead atoms. The van der Waals surface area contributed by atoms with Crippen LogP contribution in [0.1, 0.15) is 44.7 Å². The van der Waals surface area contributed by atoms with Crippen molar-refractivity contribution in [1.82, 2.24) is 5.32 Å². The SMILES string of the molecule is CC(C)(C)c1ccc(CC(F)C2CCCN2)cc1. The summed E-state index contributed by atoms with van der Waals surface area (Å²) in [6.07, 6.45) is 1.85. The van der Waals surface area contributed by atoms with Gasteiger partial charge in [-0.25, -0.2) is 4.39 Å². The van der Waals surface area contributed by atoms with Gasteiger partial charge in [-0.05, 0) is 35.9 Å². The molecule has 1 N–H and O–H groups in total. The van der Waals surface area contributed by atoms with Crippen LogP contribution in [-0.4, -0.2) is 18.8 Å². The predicted octanol–water partition coefficient (Wildman–Crippen LogP) is 3.62. The molecule has 2 heteroatoms. The first-order valence-corrected chi connectivity index (χ1v) is 6.94. The molecule has 0 radical (unpaired) electrons. The fraction of sp³-hybridized carbons (Fsp3) is 0.625.